The summed E-state index contributed by atoms with van der Waals surface area (Å²) in [6.07, 6.45) is 1.79. The molecule has 9 nitrogen and oxygen atoms in total. The van der Waals surface area contributed by atoms with Crippen molar-refractivity contribution >= 4 is 22.7 Å². The molecule has 0 bridgehead atoms. The highest BCUT2D eigenvalue weighted by molar-refractivity contribution is 5.95. The summed E-state index contributed by atoms with van der Waals surface area (Å²) in [5, 5.41) is 4.71. The number of pyridine rings is 1. The molecular weight excluding hydrogens is 362 g/mol. The molecule has 9 heteroatoms. The van der Waals surface area contributed by atoms with Crippen molar-refractivity contribution in [1.82, 2.24) is 26.0 Å². The molecule has 140 valence electrons. The van der Waals surface area contributed by atoms with Crippen LogP contribution in [-0.4, -0.2) is 26.9 Å². The van der Waals surface area contributed by atoms with Gasteiger partial charge in [-0.3, -0.25) is 20.4 Å². The number of aromatic nitrogens is 3. The summed E-state index contributed by atoms with van der Waals surface area (Å²) < 4.78 is 10.3. The molecule has 2 amide bonds. The quantitative estimate of drug-likeness (QED) is 0.511. The van der Waals surface area contributed by atoms with Crippen LogP contribution in [0.15, 0.2) is 63.7 Å². The highest BCUT2D eigenvalue weighted by Crippen LogP contribution is 2.16. The lowest BCUT2D eigenvalue weighted by Gasteiger charge is -2.07. The summed E-state index contributed by atoms with van der Waals surface area (Å²) >= 11 is 0. The number of benzene rings is 1. The van der Waals surface area contributed by atoms with E-state index in [1.165, 1.54) is 6.26 Å². The lowest BCUT2D eigenvalue weighted by atomic mass is 10.2. The standard InChI is InChI=1S/C19H15N5O4/c25-16(9-10-17-21-18(24-28-17)15-6-3-11-27-15)22-23-19(26)14-8-7-12-4-1-2-5-13(12)20-14/h1-8,11H,9-10H2,(H,22,25)(H,23,26). The third kappa shape index (κ3) is 3.88. The normalized spacial score (nSPS) is 10.7. The lowest BCUT2D eigenvalue weighted by molar-refractivity contribution is -0.121. The molecule has 0 atom stereocenters. The zero-order chi connectivity index (χ0) is 19.3. The molecule has 0 saturated heterocycles. The van der Waals surface area contributed by atoms with E-state index in [9.17, 15) is 9.59 Å². The van der Waals surface area contributed by atoms with Crippen LogP contribution in [0, 0.1) is 0 Å². The van der Waals surface area contributed by atoms with Gasteiger partial charge in [-0.25, -0.2) is 4.98 Å². The number of amides is 2. The molecule has 4 rings (SSSR count). The molecule has 0 aliphatic heterocycles. The maximum absolute atomic E-state index is 12.2. The summed E-state index contributed by atoms with van der Waals surface area (Å²) in [6, 6.07) is 14.3. The number of carbonyl (C=O) groups excluding carboxylic acids is 2. The largest absolute Gasteiger partial charge is 0.461 e. The Morgan fingerprint density at radius 1 is 0.964 bits per heavy atom. The molecule has 2 N–H and O–H groups in total. The molecule has 3 aromatic heterocycles. The van der Waals surface area contributed by atoms with E-state index in [-0.39, 0.29) is 18.5 Å². The van der Waals surface area contributed by atoms with Gasteiger partial charge in [0.05, 0.1) is 11.8 Å². The van der Waals surface area contributed by atoms with E-state index in [2.05, 4.69) is 26.0 Å². The fourth-order valence-corrected chi connectivity index (χ4v) is 2.53. The molecule has 0 fully saturated rings. The molecule has 4 aromatic rings. The van der Waals surface area contributed by atoms with Crippen molar-refractivity contribution in [3.63, 3.8) is 0 Å². The van der Waals surface area contributed by atoms with Crippen LogP contribution < -0.4 is 10.9 Å². The Labute approximate surface area is 158 Å². The Morgan fingerprint density at radius 2 is 1.86 bits per heavy atom. The van der Waals surface area contributed by atoms with Crippen molar-refractivity contribution in [2.45, 2.75) is 12.8 Å². The summed E-state index contributed by atoms with van der Waals surface area (Å²) in [4.78, 5) is 32.5. The van der Waals surface area contributed by atoms with E-state index in [1.807, 2.05) is 24.3 Å². The first kappa shape index (κ1) is 17.4. The zero-order valence-electron chi connectivity index (χ0n) is 14.6. The Balaban J connectivity index is 1.28. The van der Waals surface area contributed by atoms with Crippen molar-refractivity contribution < 1.29 is 18.5 Å². The maximum atomic E-state index is 12.2. The Morgan fingerprint density at radius 3 is 2.71 bits per heavy atom. The average Bonchev–Trinajstić information content (AvgIpc) is 3.41. The predicted octanol–water partition coefficient (Wildman–Crippen LogP) is 2.27. The molecule has 0 radical (unpaired) electrons. The molecule has 0 aliphatic rings. The van der Waals surface area contributed by atoms with Gasteiger partial charge in [-0.05, 0) is 24.3 Å². The number of fused-ring (bicyclic) bond motifs is 1. The molecule has 28 heavy (non-hydrogen) atoms. The number of aryl methyl sites for hydroxylation is 1. The molecular formula is C19H15N5O4. The first-order valence-electron chi connectivity index (χ1n) is 8.50. The van der Waals surface area contributed by atoms with Gasteiger partial charge in [0.2, 0.25) is 17.6 Å². The van der Waals surface area contributed by atoms with Crippen molar-refractivity contribution in [1.29, 1.82) is 0 Å². The summed E-state index contributed by atoms with van der Waals surface area (Å²) in [7, 11) is 0. The molecule has 3 heterocycles. The van der Waals surface area contributed by atoms with Crippen molar-refractivity contribution in [3.8, 4) is 11.6 Å². The Hall–Kier alpha value is -4.01. The van der Waals surface area contributed by atoms with Gasteiger partial charge < -0.3 is 8.94 Å². The number of hydrogen-bond donors (Lipinski definition) is 2. The summed E-state index contributed by atoms with van der Waals surface area (Å²) in [5.41, 5.74) is 5.60. The van der Waals surface area contributed by atoms with Gasteiger partial charge in [-0.1, -0.05) is 29.4 Å². The highest BCUT2D eigenvalue weighted by Gasteiger charge is 2.13. The number of furan rings is 1. The van der Waals surface area contributed by atoms with Crippen molar-refractivity contribution in [2.75, 3.05) is 0 Å². The minimum absolute atomic E-state index is 0.0607. The third-order valence-corrected chi connectivity index (χ3v) is 3.92. The number of para-hydroxylation sites is 1. The first-order chi connectivity index (χ1) is 13.7. The van der Waals surface area contributed by atoms with Crippen LogP contribution in [0.25, 0.3) is 22.5 Å². The van der Waals surface area contributed by atoms with Gasteiger partial charge in [0.15, 0.2) is 5.76 Å². The molecule has 1 aromatic carbocycles. The number of nitrogens with zero attached hydrogens (tertiary/aromatic N) is 3. The van der Waals surface area contributed by atoms with E-state index in [0.29, 0.717) is 23.0 Å². The second-order valence-electron chi connectivity index (χ2n) is 5.88. The second-order valence-corrected chi connectivity index (χ2v) is 5.88. The minimum Gasteiger partial charge on any atom is -0.461 e. The molecule has 0 saturated carbocycles. The number of hydrogen-bond acceptors (Lipinski definition) is 7. The second kappa shape index (κ2) is 7.70. The van der Waals surface area contributed by atoms with Crippen LogP contribution in [0.1, 0.15) is 22.8 Å². The van der Waals surface area contributed by atoms with Gasteiger partial charge in [0.1, 0.15) is 5.69 Å². The molecule has 0 spiro atoms. The van der Waals surface area contributed by atoms with E-state index in [4.69, 9.17) is 8.94 Å². The first-order valence-corrected chi connectivity index (χ1v) is 8.50. The summed E-state index contributed by atoms with van der Waals surface area (Å²) in [6.45, 7) is 0. The molecule has 0 aliphatic carbocycles. The predicted molar refractivity (Wildman–Crippen MR) is 97.7 cm³/mol. The number of carbonyl (C=O) groups is 2. The number of hydrazine groups is 1. The van der Waals surface area contributed by atoms with Crippen molar-refractivity contribution in [3.05, 3.63) is 66.4 Å². The zero-order valence-corrected chi connectivity index (χ0v) is 14.6. The fourth-order valence-electron chi connectivity index (χ4n) is 2.53. The Bertz CT molecular complexity index is 1120. The van der Waals surface area contributed by atoms with Gasteiger partial charge in [0.25, 0.3) is 5.91 Å². The topological polar surface area (TPSA) is 123 Å². The van der Waals surface area contributed by atoms with Gasteiger partial charge in [-0.15, -0.1) is 0 Å². The van der Waals surface area contributed by atoms with E-state index >= 15 is 0 Å². The van der Waals surface area contributed by atoms with E-state index < -0.39 is 11.8 Å². The van der Waals surface area contributed by atoms with E-state index in [0.717, 1.165) is 5.39 Å². The highest BCUT2D eigenvalue weighted by atomic mass is 16.5. The number of rotatable bonds is 5. The summed E-state index contributed by atoms with van der Waals surface area (Å²) in [5.74, 6) is 0.193. The van der Waals surface area contributed by atoms with Gasteiger partial charge in [0, 0.05) is 18.2 Å². The van der Waals surface area contributed by atoms with Crippen LogP contribution in [0.3, 0.4) is 0 Å². The molecule has 0 unspecified atom stereocenters. The van der Waals surface area contributed by atoms with Crippen LogP contribution in [0.5, 0.6) is 0 Å². The van der Waals surface area contributed by atoms with E-state index in [1.54, 1.807) is 24.3 Å². The lowest BCUT2D eigenvalue weighted by Crippen LogP contribution is -2.42. The average molecular weight is 377 g/mol. The van der Waals surface area contributed by atoms with Gasteiger partial charge in [-0.2, -0.15) is 4.98 Å². The third-order valence-electron chi connectivity index (χ3n) is 3.92. The maximum Gasteiger partial charge on any atom is 0.288 e. The fraction of sp³-hybridized carbons (Fsp3) is 0.105. The van der Waals surface area contributed by atoms with Crippen molar-refractivity contribution in [2.24, 2.45) is 0 Å². The Kier molecular flexibility index (Phi) is 4.79. The van der Waals surface area contributed by atoms with Crippen LogP contribution in [-0.2, 0) is 11.2 Å². The van der Waals surface area contributed by atoms with Crippen LogP contribution >= 0.6 is 0 Å². The minimum atomic E-state index is -0.503. The smallest absolute Gasteiger partial charge is 0.288 e. The van der Waals surface area contributed by atoms with Crippen LogP contribution in [0.2, 0.25) is 0 Å². The number of nitrogens with one attached hydrogen (secondary N) is 2. The SMILES string of the molecule is O=C(CCc1nc(-c2ccco2)no1)NNC(=O)c1ccc2ccccc2n1. The van der Waals surface area contributed by atoms with Crippen LogP contribution in [0.4, 0.5) is 0 Å². The monoisotopic (exact) mass is 377 g/mol. The van der Waals surface area contributed by atoms with Gasteiger partial charge >= 0.3 is 0 Å².